The quantitative estimate of drug-likeness (QED) is 0.807. The average molecular weight is 339 g/mol. The molecule has 1 aromatic rings. The number of benzene rings is 1. The minimum atomic E-state index is -4.43. The summed E-state index contributed by atoms with van der Waals surface area (Å²) in [5.41, 5.74) is 4.61. The van der Waals surface area contributed by atoms with Crippen LogP contribution in [0, 0.1) is 0 Å². The third-order valence-corrected chi connectivity index (χ3v) is 3.12. The van der Waals surface area contributed by atoms with Gasteiger partial charge in [-0.2, -0.15) is 13.2 Å². The molecule has 0 saturated carbocycles. The number of nitrogens with one attached hydrogen (secondary N) is 1. The Morgan fingerprint density at radius 2 is 2.00 bits per heavy atom. The number of unbranched alkanes of at least 4 members (excludes halogenated alkanes) is 1. The molecule has 0 heterocycles. The first-order chi connectivity index (χ1) is 8.84. The lowest BCUT2D eigenvalue weighted by molar-refractivity contribution is -0.137. The summed E-state index contributed by atoms with van der Waals surface area (Å²) in [6.07, 6.45) is -2.88. The molecule has 0 unspecified atom stereocenters. The lowest BCUT2D eigenvalue weighted by atomic mass is 10.2. The van der Waals surface area contributed by atoms with Crippen LogP contribution >= 0.6 is 15.9 Å². The topological polar surface area (TPSA) is 55.1 Å². The Kier molecular flexibility index (Phi) is 5.81. The Balaban J connectivity index is 2.74. The molecule has 0 aliphatic rings. The van der Waals surface area contributed by atoms with Crippen LogP contribution in [0.1, 0.15) is 24.8 Å². The Hall–Kier alpha value is -1.08. The molecule has 3 nitrogen and oxygen atoms in total. The predicted molar refractivity (Wildman–Crippen MR) is 70.7 cm³/mol. The summed E-state index contributed by atoms with van der Waals surface area (Å²) in [5.74, 6) is -0.325. The number of nitrogens with two attached hydrogens (primary N) is 1. The predicted octanol–water partition coefficient (Wildman–Crippen LogP) is 3.54. The van der Waals surface area contributed by atoms with E-state index in [2.05, 4.69) is 21.2 Å². The van der Waals surface area contributed by atoms with E-state index in [9.17, 15) is 18.0 Å². The lowest BCUT2D eigenvalue weighted by Gasteiger charge is -2.11. The van der Waals surface area contributed by atoms with Crippen molar-refractivity contribution in [2.45, 2.75) is 25.4 Å². The number of carbonyl (C=O) groups is 1. The Morgan fingerprint density at radius 3 is 2.58 bits per heavy atom. The van der Waals surface area contributed by atoms with Crippen LogP contribution in [0.4, 0.5) is 18.9 Å². The highest BCUT2D eigenvalue weighted by Gasteiger charge is 2.31. The van der Waals surface area contributed by atoms with Crippen LogP contribution in [0.5, 0.6) is 0 Å². The summed E-state index contributed by atoms with van der Waals surface area (Å²) in [7, 11) is 0. The van der Waals surface area contributed by atoms with Crippen molar-refractivity contribution in [2.75, 3.05) is 11.9 Å². The Morgan fingerprint density at radius 1 is 1.32 bits per heavy atom. The monoisotopic (exact) mass is 338 g/mol. The van der Waals surface area contributed by atoms with Gasteiger partial charge in [0.1, 0.15) is 0 Å². The van der Waals surface area contributed by atoms with Gasteiger partial charge < -0.3 is 11.1 Å². The molecule has 0 atom stereocenters. The molecule has 0 aliphatic carbocycles. The second-order valence-electron chi connectivity index (χ2n) is 3.99. The first-order valence-electron chi connectivity index (χ1n) is 5.71. The van der Waals surface area contributed by atoms with E-state index in [-0.39, 0.29) is 18.0 Å². The van der Waals surface area contributed by atoms with Gasteiger partial charge in [0.2, 0.25) is 5.91 Å². The van der Waals surface area contributed by atoms with Crippen molar-refractivity contribution in [3.8, 4) is 0 Å². The van der Waals surface area contributed by atoms with Crippen LogP contribution in [0.2, 0.25) is 0 Å². The second kappa shape index (κ2) is 6.91. The molecule has 19 heavy (non-hydrogen) atoms. The van der Waals surface area contributed by atoms with E-state index in [4.69, 9.17) is 5.73 Å². The summed E-state index contributed by atoms with van der Waals surface area (Å²) in [6.45, 7) is 0.487. The molecule has 0 aliphatic heterocycles. The van der Waals surface area contributed by atoms with E-state index >= 15 is 0 Å². The zero-order valence-electron chi connectivity index (χ0n) is 10.1. The fourth-order valence-electron chi connectivity index (χ4n) is 1.44. The summed E-state index contributed by atoms with van der Waals surface area (Å²) in [6, 6.07) is 3.12. The third kappa shape index (κ3) is 5.20. The van der Waals surface area contributed by atoms with E-state index in [0.717, 1.165) is 12.1 Å². The maximum atomic E-state index is 12.5. The zero-order valence-corrected chi connectivity index (χ0v) is 11.6. The van der Waals surface area contributed by atoms with Gasteiger partial charge in [-0.1, -0.05) is 0 Å². The van der Waals surface area contributed by atoms with Gasteiger partial charge in [-0.25, -0.2) is 0 Å². The molecule has 1 rings (SSSR count). The molecular weight excluding hydrogens is 325 g/mol. The fourth-order valence-corrected chi connectivity index (χ4v) is 1.79. The van der Waals surface area contributed by atoms with Gasteiger partial charge in [0, 0.05) is 10.9 Å². The van der Waals surface area contributed by atoms with Crippen LogP contribution in [0.25, 0.3) is 0 Å². The number of halogens is 4. The molecular formula is C12H14BrF3N2O. The molecule has 0 aromatic heterocycles. The fraction of sp³-hybridized carbons (Fsp3) is 0.417. The first-order valence-corrected chi connectivity index (χ1v) is 6.50. The molecule has 1 aromatic carbocycles. The average Bonchev–Trinajstić information content (AvgIpc) is 2.31. The summed E-state index contributed by atoms with van der Waals surface area (Å²) < 4.78 is 38.0. The van der Waals surface area contributed by atoms with Crippen molar-refractivity contribution in [1.29, 1.82) is 0 Å². The Bertz CT molecular complexity index is 449. The highest BCUT2D eigenvalue weighted by atomic mass is 79.9. The van der Waals surface area contributed by atoms with Crippen LogP contribution in [-0.2, 0) is 11.0 Å². The lowest BCUT2D eigenvalue weighted by Crippen LogP contribution is -2.13. The molecule has 7 heteroatoms. The molecule has 0 bridgehead atoms. The Labute approximate surface area is 117 Å². The van der Waals surface area contributed by atoms with E-state index < -0.39 is 11.7 Å². The largest absolute Gasteiger partial charge is 0.416 e. The number of hydrogen-bond acceptors (Lipinski definition) is 2. The molecule has 0 fully saturated rings. The smallest absolute Gasteiger partial charge is 0.330 e. The van der Waals surface area contributed by atoms with Crippen molar-refractivity contribution >= 4 is 27.5 Å². The van der Waals surface area contributed by atoms with Crippen LogP contribution in [0.15, 0.2) is 22.7 Å². The maximum absolute atomic E-state index is 12.5. The maximum Gasteiger partial charge on any atom is 0.416 e. The van der Waals surface area contributed by atoms with Crippen molar-refractivity contribution in [1.82, 2.24) is 0 Å². The van der Waals surface area contributed by atoms with Gasteiger partial charge in [0.25, 0.3) is 0 Å². The normalized spacial score (nSPS) is 11.4. The van der Waals surface area contributed by atoms with Crippen LogP contribution in [0.3, 0.4) is 0 Å². The van der Waals surface area contributed by atoms with E-state index in [0.29, 0.717) is 23.9 Å². The molecule has 106 valence electrons. The highest BCUT2D eigenvalue weighted by Crippen LogP contribution is 2.33. The minimum absolute atomic E-state index is 0.118. The van der Waals surface area contributed by atoms with Crippen LogP contribution in [-0.4, -0.2) is 12.5 Å². The summed E-state index contributed by atoms with van der Waals surface area (Å²) >= 11 is 3.11. The molecule has 3 N–H and O–H groups in total. The minimum Gasteiger partial charge on any atom is -0.330 e. The summed E-state index contributed by atoms with van der Waals surface area (Å²) in [4.78, 5) is 11.5. The van der Waals surface area contributed by atoms with Gasteiger partial charge in [-0.3, -0.25) is 4.79 Å². The zero-order chi connectivity index (χ0) is 14.5. The van der Waals surface area contributed by atoms with E-state index in [1.54, 1.807) is 0 Å². The number of amides is 1. The van der Waals surface area contributed by atoms with Gasteiger partial charge in [0.15, 0.2) is 0 Å². The van der Waals surface area contributed by atoms with Gasteiger partial charge >= 0.3 is 6.18 Å². The number of carbonyl (C=O) groups excluding carboxylic acids is 1. The summed E-state index contributed by atoms with van der Waals surface area (Å²) in [5, 5.41) is 2.45. The first kappa shape index (κ1) is 16.0. The number of anilines is 1. The standard InChI is InChI=1S/C12H14BrF3N2O/c13-9-5-4-8(12(14,15)16)7-10(9)18-11(19)3-1-2-6-17/h4-5,7H,1-3,6,17H2,(H,18,19). The van der Waals surface area contributed by atoms with Crippen molar-refractivity contribution < 1.29 is 18.0 Å². The number of hydrogen-bond donors (Lipinski definition) is 2. The molecule has 0 spiro atoms. The SMILES string of the molecule is NCCCCC(=O)Nc1cc(C(F)(F)F)ccc1Br. The van der Waals surface area contributed by atoms with Crippen molar-refractivity contribution in [2.24, 2.45) is 5.73 Å². The number of rotatable bonds is 5. The van der Waals surface area contributed by atoms with Gasteiger partial charge in [-0.05, 0) is 53.5 Å². The highest BCUT2D eigenvalue weighted by molar-refractivity contribution is 9.10. The second-order valence-corrected chi connectivity index (χ2v) is 4.84. The third-order valence-electron chi connectivity index (χ3n) is 2.43. The molecule has 0 radical (unpaired) electrons. The number of alkyl halides is 3. The van der Waals surface area contributed by atoms with Gasteiger partial charge in [0.05, 0.1) is 11.3 Å². The van der Waals surface area contributed by atoms with E-state index in [1.165, 1.54) is 6.07 Å². The van der Waals surface area contributed by atoms with E-state index in [1.807, 2.05) is 0 Å². The molecule has 1 amide bonds. The van der Waals surface area contributed by atoms with Gasteiger partial charge in [-0.15, -0.1) is 0 Å². The van der Waals surface area contributed by atoms with Crippen LogP contribution < -0.4 is 11.1 Å². The molecule has 0 saturated heterocycles. The van der Waals surface area contributed by atoms with Crippen molar-refractivity contribution in [3.63, 3.8) is 0 Å². The van der Waals surface area contributed by atoms with Crippen molar-refractivity contribution in [3.05, 3.63) is 28.2 Å².